The van der Waals surface area contributed by atoms with Gasteiger partial charge in [0, 0.05) is 90.7 Å². The summed E-state index contributed by atoms with van der Waals surface area (Å²) in [5.41, 5.74) is 6.60. The molecule has 0 aromatic heterocycles. The summed E-state index contributed by atoms with van der Waals surface area (Å²) in [6.45, 7) is 16.1. The third-order valence-corrected chi connectivity index (χ3v) is 16.9. The highest BCUT2D eigenvalue weighted by Crippen LogP contribution is 2.35. The van der Waals surface area contributed by atoms with E-state index in [-0.39, 0.29) is 37.2 Å². The Balaban J connectivity index is 0.672. The molecule has 80 heavy (non-hydrogen) atoms. The van der Waals surface area contributed by atoms with E-state index in [0.717, 1.165) is 194 Å². The van der Waals surface area contributed by atoms with Crippen LogP contribution in [0.3, 0.4) is 0 Å². The molecule has 0 spiro atoms. The smallest absolute Gasteiger partial charge is 0.307 e. The monoisotopic (exact) mass is 1160 g/mol. The molecule has 0 radical (unpaired) electrons. The number of amides is 2. The number of aryl methyl sites for hydroxylation is 3. The number of hydrogen-bond acceptors (Lipinski definition) is 12. The fraction of sp³-hybridized carbons (Fsp3) is 0.556. The number of rotatable bonds is 32. The SMILES string of the molecule is CC(=O)N(COC(=O)CCCCCCCCCCCCC(=O)OCN1C(=O)CCc2ccc(OCCCCN3CCN(c4cccc(C)c4Cl)CC3)cc21)c1cc(OCCCCN2CCN(c3cccc(Cl)c3Cl)CC2)ccc1C. The standard InChI is InChI=1S/C63H85Cl3N6O8/c1-48-26-29-52(77-42-16-14-33-68-36-40-70(41-37-68)56-23-19-21-54(64)63(56)66)44-57(48)71(50(3)73)46-79-60(75)24-12-10-8-6-4-5-7-9-11-13-25-61(76)80-47-72-58-45-53(30-27-51(58)28-31-59(72)74)78-43-17-15-32-67-34-38-69(39-35-67)55-22-18-20-49(2)62(55)65/h18-23,26-27,29-30,44-45H,4-17,24-25,28,31-43,46-47H2,1-3H3. The molecule has 7 rings (SSSR count). The van der Waals surface area contributed by atoms with E-state index >= 15 is 0 Å². The highest BCUT2D eigenvalue weighted by Gasteiger charge is 2.27. The number of carbonyl (C=O) groups is 4. The molecule has 0 N–H and O–H groups in total. The molecule has 2 saturated heterocycles. The van der Waals surface area contributed by atoms with Gasteiger partial charge in [-0.3, -0.25) is 38.8 Å². The summed E-state index contributed by atoms with van der Waals surface area (Å²) in [5.74, 6) is 0.533. The molecular weight excluding hydrogens is 1080 g/mol. The van der Waals surface area contributed by atoms with Gasteiger partial charge in [0.1, 0.15) is 11.5 Å². The number of fused-ring (bicyclic) bond motifs is 1. The Morgan fingerprint density at radius 3 is 1.65 bits per heavy atom. The van der Waals surface area contributed by atoms with E-state index in [2.05, 4.69) is 31.7 Å². The number of esters is 2. The van der Waals surface area contributed by atoms with E-state index in [1.165, 1.54) is 11.8 Å². The highest BCUT2D eigenvalue weighted by molar-refractivity contribution is 6.43. The number of carbonyl (C=O) groups excluding carboxylic acids is 4. The number of ether oxygens (including phenoxy) is 4. The van der Waals surface area contributed by atoms with Gasteiger partial charge in [-0.25, -0.2) is 0 Å². The van der Waals surface area contributed by atoms with Crippen molar-refractivity contribution >= 4 is 81.3 Å². The van der Waals surface area contributed by atoms with Gasteiger partial charge in [0.05, 0.1) is 51.0 Å². The molecule has 4 aromatic rings. The summed E-state index contributed by atoms with van der Waals surface area (Å²) in [6, 6.07) is 23.6. The predicted octanol–water partition coefficient (Wildman–Crippen LogP) is 13.2. The van der Waals surface area contributed by atoms with Crippen LogP contribution in [-0.2, 0) is 35.1 Å². The second kappa shape index (κ2) is 33.0. The first kappa shape index (κ1) is 62.4. The third-order valence-electron chi connectivity index (χ3n) is 15.6. The molecule has 0 atom stereocenters. The van der Waals surface area contributed by atoms with Crippen LogP contribution in [0.25, 0.3) is 0 Å². The Labute approximate surface area is 490 Å². The lowest BCUT2D eigenvalue weighted by Gasteiger charge is -2.36. The maximum atomic E-state index is 13.0. The minimum Gasteiger partial charge on any atom is -0.494 e. The van der Waals surface area contributed by atoms with Crippen LogP contribution in [0.15, 0.2) is 72.8 Å². The number of benzene rings is 4. The number of piperazine rings is 2. The molecule has 3 aliphatic heterocycles. The van der Waals surface area contributed by atoms with Gasteiger partial charge < -0.3 is 28.7 Å². The van der Waals surface area contributed by atoms with Crippen molar-refractivity contribution in [3.05, 3.63) is 105 Å². The Bertz CT molecular complexity index is 2600. The van der Waals surface area contributed by atoms with Gasteiger partial charge in [-0.05, 0) is 119 Å². The van der Waals surface area contributed by atoms with Crippen LogP contribution >= 0.6 is 34.8 Å². The molecule has 17 heteroatoms. The van der Waals surface area contributed by atoms with Gasteiger partial charge in [0.2, 0.25) is 11.8 Å². The largest absolute Gasteiger partial charge is 0.494 e. The first-order valence-electron chi connectivity index (χ1n) is 29.4. The van der Waals surface area contributed by atoms with Crippen LogP contribution < -0.4 is 29.1 Å². The molecule has 3 heterocycles. The zero-order valence-corrected chi connectivity index (χ0v) is 49.9. The van der Waals surface area contributed by atoms with Crippen LogP contribution in [0.5, 0.6) is 11.5 Å². The lowest BCUT2D eigenvalue weighted by Crippen LogP contribution is -2.46. The second-order valence-corrected chi connectivity index (χ2v) is 22.7. The number of nitrogens with zero attached hydrogens (tertiary/aromatic N) is 6. The quantitative estimate of drug-likeness (QED) is 0.0263. The fourth-order valence-corrected chi connectivity index (χ4v) is 11.4. The van der Waals surface area contributed by atoms with Crippen molar-refractivity contribution in [3.63, 3.8) is 0 Å². The first-order valence-corrected chi connectivity index (χ1v) is 30.5. The van der Waals surface area contributed by atoms with Crippen molar-refractivity contribution in [1.82, 2.24) is 9.80 Å². The summed E-state index contributed by atoms with van der Waals surface area (Å²) in [6.07, 6.45) is 15.5. The molecule has 2 fully saturated rings. The van der Waals surface area contributed by atoms with Crippen LogP contribution in [0, 0.1) is 13.8 Å². The van der Waals surface area contributed by atoms with E-state index in [9.17, 15) is 19.2 Å². The number of anilines is 4. The molecule has 2 amide bonds. The van der Waals surface area contributed by atoms with E-state index in [1.807, 2.05) is 74.5 Å². The normalized spacial score (nSPS) is 15.0. The molecule has 0 aliphatic carbocycles. The third kappa shape index (κ3) is 19.5. The Morgan fingerprint density at radius 1 is 0.537 bits per heavy atom. The maximum Gasteiger partial charge on any atom is 0.307 e. The van der Waals surface area contributed by atoms with Gasteiger partial charge in [0.15, 0.2) is 13.5 Å². The molecule has 14 nitrogen and oxygen atoms in total. The minimum atomic E-state index is -0.311. The van der Waals surface area contributed by atoms with E-state index in [0.29, 0.717) is 66.1 Å². The van der Waals surface area contributed by atoms with Crippen molar-refractivity contribution in [2.45, 2.75) is 136 Å². The number of hydrogen-bond donors (Lipinski definition) is 0. The van der Waals surface area contributed by atoms with Crippen LogP contribution in [0.4, 0.5) is 22.7 Å². The van der Waals surface area contributed by atoms with E-state index < -0.39 is 0 Å². The van der Waals surface area contributed by atoms with Gasteiger partial charge in [-0.1, -0.05) is 117 Å². The number of halogens is 3. The zero-order valence-electron chi connectivity index (χ0n) is 47.6. The lowest BCUT2D eigenvalue weighted by molar-refractivity contribution is -0.145. The van der Waals surface area contributed by atoms with Gasteiger partial charge in [0.25, 0.3) is 0 Å². The summed E-state index contributed by atoms with van der Waals surface area (Å²) in [7, 11) is 0. The second-order valence-electron chi connectivity index (χ2n) is 21.6. The molecule has 436 valence electrons. The van der Waals surface area contributed by atoms with Crippen molar-refractivity contribution in [2.24, 2.45) is 0 Å². The zero-order chi connectivity index (χ0) is 56.6. The molecule has 0 bridgehead atoms. The van der Waals surface area contributed by atoms with Crippen molar-refractivity contribution in [2.75, 3.05) is 112 Å². The Morgan fingerprint density at radius 2 is 1.06 bits per heavy atom. The Kier molecular flexibility index (Phi) is 25.7. The summed E-state index contributed by atoms with van der Waals surface area (Å²) < 4.78 is 23.5. The average molecular weight is 1160 g/mol. The topological polar surface area (TPSA) is 125 Å². The predicted molar refractivity (Wildman–Crippen MR) is 323 cm³/mol. The average Bonchev–Trinajstić information content (AvgIpc) is 3.45. The van der Waals surface area contributed by atoms with Crippen molar-refractivity contribution < 1.29 is 38.1 Å². The van der Waals surface area contributed by atoms with Gasteiger partial charge >= 0.3 is 11.9 Å². The highest BCUT2D eigenvalue weighted by atomic mass is 35.5. The van der Waals surface area contributed by atoms with Crippen LogP contribution in [0.1, 0.15) is 133 Å². The van der Waals surface area contributed by atoms with Crippen molar-refractivity contribution in [3.8, 4) is 11.5 Å². The molecule has 3 aliphatic rings. The van der Waals surface area contributed by atoms with Gasteiger partial charge in [-0.2, -0.15) is 0 Å². The van der Waals surface area contributed by atoms with Crippen molar-refractivity contribution in [1.29, 1.82) is 0 Å². The molecule has 0 unspecified atom stereocenters. The summed E-state index contributed by atoms with van der Waals surface area (Å²) >= 11 is 19.3. The van der Waals surface area contributed by atoms with Crippen LogP contribution in [-0.4, -0.2) is 126 Å². The number of unbranched alkanes of at least 4 members (excludes halogenated alkanes) is 11. The first-order chi connectivity index (χ1) is 38.8. The molecule has 4 aromatic carbocycles. The summed E-state index contributed by atoms with van der Waals surface area (Å²) in [5, 5.41) is 2.04. The minimum absolute atomic E-state index is 0.0508. The fourth-order valence-electron chi connectivity index (χ4n) is 10.7. The van der Waals surface area contributed by atoms with E-state index in [1.54, 1.807) is 4.90 Å². The lowest BCUT2D eigenvalue weighted by atomic mass is 10.0. The van der Waals surface area contributed by atoms with E-state index in [4.69, 9.17) is 53.8 Å². The molecule has 0 saturated carbocycles. The van der Waals surface area contributed by atoms with Crippen LogP contribution in [0.2, 0.25) is 15.1 Å². The van der Waals surface area contributed by atoms with Gasteiger partial charge in [-0.15, -0.1) is 0 Å². The summed E-state index contributed by atoms with van der Waals surface area (Å²) in [4.78, 5) is 63.9. The maximum absolute atomic E-state index is 13.0. The Hall–Kier alpha value is -5.25. The molecular formula is C63H85Cl3N6O8.